The van der Waals surface area contributed by atoms with Crippen LogP contribution in [-0.2, 0) is 9.84 Å². The summed E-state index contributed by atoms with van der Waals surface area (Å²) in [6.07, 6.45) is 1.16. The van der Waals surface area contributed by atoms with E-state index in [1.165, 1.54) is 12.1 Å². The zero-order valence-corrected chi connectivity index (χ0v) is 16.5. The van der Waals surface area contributed by atoms with Gasteiger partial charge in [0.15, 0.2) is 15.0 Å². The van der Waals surface area contributed by atoms with E-state index in [1.54, 1.807) is 28.4 Å². The van der Waals surface area contributed by atoms with Crippen molar-refractivity contribution in [2.75, 3.05) is 37.3 Å². The summed E-state index contributed by atoms with van der Waals surface area (Å²) in [4.78, 5) is 21.6. The largest absolute Gasteiger partial charge is 0.345 e. The molecule has 1 aromatic heterocycles. The number of fused-ring (bicyclic) bond motifs is 1. The maximum Gasteiger partial charge on any atom is 0.253 e. The molecule has 0 bridgehead atoms. The molecule has 3 aromatic rings. The summed E-state index contributed by atoms with van der Waals surface area (Å²) in [7, 11) is -3.26. The van der Waals surface area contributed by atoms with Crippen LogP contribution in [0.2, 0.25) is 0 Å². The summed E-state index contributed by atoms with van der Waals surface area (Å²) in [5.41, 5.74) is 1.51. The van der Waals surface area contributed by atoms with E-state index >= 15 is 0 Å². The van der Waals surface area contributed by atoms with Crippen LogP contribution in [0.1, 0.15) is 10.4 Å². The van der Waals surface area contributed by atoms with Crippen LogP contribution < -0.4 is 4.90 Å². The first-order chi connectivity index (χ1) is 12.9. The van der Waals surface area contributed by atoms with Crippen LogP contribution in [0.25, 0.3) is 10.2 Å². The highest BCUT2D eigenvalue weighted by Gasteiger charge is 2.24. The molecular weight excluding hydrogens is 382 g/mol. The number of thiazole rings is 1. The number of hydrogen-bond donors (Lipinski definition) is 0. The molecule has 1 saturated heterocycles. The lowest BCUT2D eigenvalue weighted by atomic mass is 10.2. The molecule has 8 heteroatoms. The Balaban J connectivity index is 1.43. The molecule has 2 heterocycles. The van der Waals surface area contributed by atoms with E-state index in [2.05, 4.69) is 16.0 Å². The number of piperazine rings is 1. The topological polar surface area (TPSA) is 70.6 Å². The lowest BCUT2D eigenvalue weighted by Crippen LogP contribution is -2.48. The van der Waals surface area contributed by atoms with E-state index in [4.69, 9.17) is 0 Å². The third-order valence-corrected chi connectivity index (χ3v) is 6.88. The molecule has 27 heavy (non-hydrogen) atoms. The van der Waals surface area contributed by atoms with Gasteiger partial charge in [-0.1, -0.05) is 23.5 Å². The smallest absolute Gasteiger partial charge is 0.253 e. The Labute approximate surface area is 162 Å². The molecule has 0 unspecified atom stereocenters. The van der Waals surface area contributed by atoms with Gasteiger partial charge in [0.1, 0.15) is 0 Å². The highest BCUT2D eigenvalue weighted by Crippen LogP contribution is 2.29. The van der Waals surface area contributed by atoms with Crippen LogP contribution >= 0.6 is 11.3 Å². The molecular formula is C19H19N3O3S2. The number of nitrogens with zero attached hydrogens (tertiary/aromatic N) is 3. The fourth-order valence-corrected chi connectivity index (χ4v) is 4.77. The first kappa shape index (κ1) is 17.9. The first-order valence-corrected chi connectivity index (χ1v) is 11.3. The van der Waals surface area contributed by atoms with Crippen LogP contribution in [0.4, 0.5) is 5.13 Å². The van der Waals surface area contributed by atoms with Gasteiger partial charge < -0.3 is 9.80 Å². The molecule has 6 nitrogen and oxygen atoms in total. The predicted molar refractivity (Wildman–Crippen MR) is 107 cm³/mol. The third-order valence-electron chi connectivity index (χ3n) is 4.65. The van der Waals surface area contributed by atoms with Gasteiger partial charge in [-0.25, -0.2) is 13.4 Å². The van der Waals surface area contributed by atoms with Gasteiger partial charge in [-0.15, -0.1) is 0 Å². The molecule has 1 fully saturated rings. The molecule has 0 spiro atoms. The van der Waals surface area contributed by atoms with Gasteiger partial charge in [-0.3, -0.25) is 4.79 Å². The Kier molecular flexibility index (Phi) is 4.61. The summed E-state index contributed by atoms with van der Waals surface area (Å²) < 4.78 is 24.3. The van der Waals surface area contributed by atoms with Crippen molar-refractivity contribution in [2.45, 2.75) is 4.90 Å². The molecule has 0 N–H and O–H groups in total. The Morgan fingerprint density at radius 2 is 1.67 bits per heavy atom. The SMILES string of the molecule is CS(=O)(=O)c1ccc(C(=O)N2CCN(c3nc4ccccc4s3)CC2)cc1. The summed E-state index contributed by atoms with van der Waals surface area (Å²) >= 11 is 1.67. The maximum absolute atomic E-state index is 12.7. The second kappa shape index (κ2) is 6.94. The molecule has 0 aliphatic carbocycles. The van der Waals surface area contributed by atoms with E-state index in [-0.39, 0.29) is 10.8 Å². The number of carbonyl (C=O) groups is 1. The molecule has 1 amide bonds. The number of para-hydroxylation sites is 1. The number of anilines is 1. The first-order valence-electron chi connectivity index (χ1n) is 8.62. The van der Waals surface area contributed by atoms with Crippen molar-refractivity contribution in [3.8, 4) is 0 Å². The minimum absolute atomic E-state index is 0.0704. The molecule has 140 valence electrons. The number of carbonyl (C=O) groups excluding carboxylic acids is 1. The third kappa shape index (κ3) is 3.68. The Morgan fingerprint density at radius 3 is 2.30 bits per heavy atom. The van der Waals surface area contributed by atoms with E-state index < -0.39 is 9.84 Å². The average Bonchev–Trinajstić information content (AvgIpc) is 3.11. The normalized spacial score (nSPS) is 15.3. The molecule has 0 saturated carbocycles. The van der Waals surface area contributed by atoms with Crippen molar-refractivity contribution in [3.63, 3.8) is 0 Å². The highest BCUT2D eigenvalue weighted by molar-refractivity contribution is 7.90. The van der Waals surface area contributed by atoms with Crippen molar-refractivity contribution < 1.29 is 13.2 Å². The minimum Gasteiger partial charge on any atom is -0.345 e. The van der Waals surface area contributed by atoms with Gasteiger partial charge in [0, 0.05) is 38.0 Å². The van der Waals surface area contributed by atoms with Crippen molar-refractivity contribution in [3.05, 3.63) is 54.1 Å². The van der Waals surface area contributed by atoms with Crippen LogP contribution in [0.3, 0.4) is 0 Å². The molecule has 4 rings (SSSR count). The number of amides is 1. The highest BCUT2D eigenvalue weighted by atomic mass is 32.2. The van der Waals surface area contributed by atoms with Crippen molar-refractivity contribution in [1.29, 1.82) is 0 Å². The van der Waals surface area contributed by atoms with Crippen molar-refractivity contribution in [1.82, 2.24) is 9.88 Å². The standard InChI is InChI=1S/C19H19N3O3S2/c1-27(24,25)15-8-6-14(7-9-15)18(23)21-10-12-22(13-11-21)19-20-16-4-2-3-5-17(16)26-19/h2-9H,10-13H2,1H3. The van der Waals surface area contributed by atoms with E-state index in [1.807, 2.05) is 18.2 Å². The quantitative estimate of drug-likeness (QED) is 0.675. The van der Waals surface area contributed by atoms with Crippen molar-refractivity contribution in [2.24, 2.45) is 0 Å². The molecule has 0 atom stereocenters. The second-order valence-corrected chi connectivity index (χ2v) is 9.56. The van der Waals surface area contributed by atoms with Gasteiger partial charge in [0.25, 0.3) is 5.91 Å². The van der Waals surface area contributed by atoms with Crippen LogP contribution in [0, 0.1) is 0 Å². The van der Waals surface area contributed by atoms with Crippen molar-refractivity contribution >= 4 is 42.4 Å². The van der Waals surface area contributed by atoms with Crippen LogP contribution in [-0.4, -0.2) is 56.6 Å². The van der Waals surface area contributed by atoms with Crippen LogP contribution in [0.15, 0.2) is 53.4 Å². The van der Waals surface area contributed by atoms with E-state index in [0.717, 1.165) is 34.7 Å². The fourth-order valence-electron chi connectivity index (χ4n) is 3.12. The van der Waals surface area contributed by atoms with Gasteiger partial charge in [-0.2, -0.15) is 0 Å². The van der Waals surface area contributed by atoms with Gasteiger partial charge in [-0.05, 0) is 36.4 Å². The maximum atomic E-state index is 12.7. The minimum atomic E-state index is -3.26. The number of benzene rings is 2. The second-order valence-electron chi connectivity index (χ2n) is 6.54. The lowest BCUT2D eigenvalue weighted by Gasteiger charge is -2.34. The monoisotopic (exact) mass is 401 g/mol. The zero-order valence-electron chi connectivity index (χ0n) is 14.8. The number of aromatic nitrogens is 1. The predicted octanol–water partition coefficient (Wildman–Crippen LogP) is 2.66. The van der Waals surface area contributed by atoms with Gasteiger partial charge in [0.2, 0.25) is 0 Å². The molecule has 1 aliphatic rings. The molecule has 2 aromatic carbocycles. The average molecular weight is 402 g/mol. The Bertz CT molecular complexity index is 1050. The van der Waals surface area contributed by atoms with Gasteiger partial charge >= 0.3 is 0 Å². The lowest BCUT2D eigenvalue weighted by molar-refractivity contribution is 0.0746. The summed E-state index contributed by atoms with van der Waals surface area (Å²) in [6.45, 7) is 2.69. The fraction of sp³-hybridized carbons (Fsp3) is 0.263. The number of rotatable bonds is 3. The summed E-state index contributed by atoms with van der Waals surface area (Å²) in [5.74, 6) is -0.0704. The summed E-state index contributed by atoms with van der Waals surface area (Å²) in [6, 6.07) is 14.2. The molecule has 1 aliphatic heterocycles. The number of sulfone groups is 1. The summed E-state index contributed by atoms with van der Waals surface area (Å²) in [5, 5.41) is 0.987. The zero-order chi connectivity index (χ0) is 19.0. The molecule has 0 radical (unpaired) electrons. The van der Waals surface area contributed by atoms with Crippen LogP contribution in [0.5, 0.6) is 0 Å². The van der Waals surface area contributed by atoms with E-state index in [9.17, 15) is 13.2 Å². The van der Waals surface area contributed by atoms with E-state index in [0.29, 0.717) is 18.7 Å². The Morgan fingerprint density at radius 1 is 1.00 bits per heavy atom. The Hall–Kier alpha value is -2.45. The number of hydrogen-bond acceptors (Lipinski definition) is 6. The van der Waals surface area contributed by atoms with Gasteiger partial charge in [0.05, 0.1) is 15.1 Å².